The van der Waals surface area contributed by atoms with Crippen LogP contribution in [0.25, 0.3) is 0 Å². The van der Waals surface area contributed by atoms with Gasteiger partial charge in [0.1, 0.15) is 6.61 Å². The van der Waals surface area contributed by atoms with E-state index in [1.165, 1.54) is 0 Å². The summed E-state index contributed by atoms with van der Waals surface area (Å²) in [5.41, 5.74) is 7.09. The van der Waals surface area contributed by atoms with Crippen LogP contribution in [0.15, 0.2) is 48.5 Å². The average Bonchev–Trinajstić information content (AvgIpc) is 2.84. The van der Waals surface area contributed by atoms with Gasteiger partial charge in [0.05, 0.1) is 18.5 Å². The van der Waals surface area contributed by atoms with Gasteiger partial charge in [0.2, 0.25) is 11.8 Å². The number of hydrogen-bond acceptors (Lipinski definition) is 5. The second-order valence-electron chi connectivity index (χ2n) is 8.47. The molecule has 3 rings (SSSR count). The van der Waals surface area contributed by atoms with Crippen molar-refractivity contribution in [1.29, 1.82) is 0 Å². The molecule has 1 aliphatic heterocycles. The number of nitrogens with zero attached hydrogens (tertiary/aromatic N) is 1. The fourth-order valence-electron chi connectivity index (χ4n) is 4.07. The van der Waals surface area contributed by atoms with Crippen LogP contribution >= 0.6 is 11.6 Å². The zero-order valence-electron chi connectivity index (χ0n) is 19.3. The van der Waals surface area contributed by atoms with Crippen LogP contribution in [-0.2, 0) is 27.2 Å². The van der Waals surface area contributed by atoms with Crippen LogP contribution in [0, 0.1) is 0 Å². The number of carbonyl (C=O) groups excluding carboxylic acids is 3. The Balaban J connectivity index is 1.69. The number of carbonyl (C=O) groups is 3. The molecule has 0 saturated carbocycles. The third-order valence-corrected chi connectivity index (χ3v) is 6.27. The SMILES string of the molecule is CCc1ccc(NC(=O)OCC2(NC(=O)Cc3ccccc3Cl)CCCN(C(=O)CN)C2)cc1. The maximum Gasteiger partial charge on any atom is 0.411 e. The topological polar surface area (TPSA) is 114 Å². The van der Waals surface area contributed by atoms with Crippen molar-refractivity contribution in [1.82, 2.24) is 10.2 Å². The zero-order valence-corrected chi connectivity index (χ0v) is 20.1. The van der Waals surface area contributed by atoms with E-state index < -0.39 is 11.6 Å². The lowest BCUT2D eigenvalue weighted by Gasteiger charge is -2.42. The molecule has 1 heterocycles. The van der Waals surface area contributed by atoms with Gasteiger partial charge < -0.3 is 20.7 Å². The van der Waals surface area contributed by atoms with Crippen molar-refractivity contribution >= 4 is 35.2 Å². The van der Waals surface area contributed by atoms with Gasteiger partial charge in [0, 0.05) is 23.8 Å². The van der Waals surface area contributed by atoms with Crippen molar-refractivity contribution < 1.29 is 19.1 Å². The number of anilines is 1. The second kappa shape index (κ2) is 11.9. The molecule has 182 valence electrons. The monoisotopic (exact) mass is 486 g/mol. The minimum Gasteiger partial charge on any atom is -0.447 e. The van der Waals surface area contributed by atoms with E-state index in [0.29, 0.717) is 35.7 Å². The molecule has 1 atom stereocenters. The highest BCUT2D eigenvalue weighted by molar-refractivity contribution is 6.31. The molecule has 0 aromatic heterocycles. The Morgan fingerprint density at radius 3 is 2.56 bits per heavy atom. The first-order valence-corrected chi connectivity index (χ1v) is 11.8. The zero-order chi connectivity index (χ0) is 24.6. The summed E-state index contributed by atoms with van der Waals surface area (Å²) in [5.74, 6) is -0.487. The fourth-order valence-corrected chi connectivity index (χ4v) is 4.27. The van der Waals surface area contributed by atoms with Crippen molar-refractivity contribution in [2.24, 2.45) is 5.73 Å². The standard InChI is InChI=1S/C25H31ClN4O4/c1-2-18-8-10-20(11-9-18)28-24(33)34-17-25(12-5-13-30(16-25)23(32)15-27)29-22(31)14-19-6-3-4-7-21(19)26/h3-4,6-11H,2,5,12-17,27H2,1H3,(H,28,33)(H,29,31). The van der Waals surface area contributed by atoms with Crippen molar-refractivity contribution in [2.45, 2.75) is 38.1 Å². The largest absolute Gasteiger partial charge is 0.447 e. The third kappa shape index (κ3) is 6.95. The number of likely N-dealkylation sites (tertiary alicyclic amines) is 1. The number of nitrogens with two attached hydrogens (primary N) is 1. The lowest BCUT2D eigenvalue weighted by Crippen LogP contribution is -2.63. The normalized spacial score (nSPS) is 17.7. The Labute approximate surface area is 204 Å². The lowest BCUT2D eigenvalue weighted by molar-refractivity contribution is -0.135. The van der Waals surface area contributed by atoms with E-state index in [9.17, 15) is 14.4 Å². The smallest absolute Gasteiger partial charge is 0.411 e. The first-order chi connectivity index (χ1) is 16.3. The maximum atomic E-state index is 12.9. The number of piperidine rings is 1. The van der Waals surface area contributed by atoms with E-state index in [1.807, 2.05) is 30.3 Å². The van der Waals surface area contributed by atoms with Gasteiger partial charge in [0.15, 0.2) is 0 Å². The molecule has 1 aliphatic rings. The number of rotatable bonds is 8. The molecule has 0 aliphatic carbocycles. The van der Waals surface area contributed by atoms with Crippen molar-refractivity contribution in [2.75, 3.05) is 31.6 Å². The van der Waals surface area contributed by atoms with Gasteiger partial charge in [-0.3, -0.25) is 14.9 Å². The van der Waals surface area contributed by atoms with Crippen molar-refractivity contribution in [3.05, 3.63) is 64.7 Å². The molecule has 2 aromatic carbocycles. The van der Waals surface area contributed by atoms with E-state index in [-0.39, 0.29) is 37.9 Å². The van der Waals surface area contributed by atoms with E-state index in [0.717, 1.165) is 12.0 Å². The van der Waals surface area contributed by atoms with Crippen LogP contribution < -0.4 is 16.4 Å². The van der Waals surface area contributed by atoms with Gasteiger partial charge in [-0.1, -0.05) is 48.9 Å². The summed E-state index contributed by atoms with van der Waals surface area (Å²) >= 11 is 6.20. The molecular formula is C25H31ClN4O4. The van der Waals surface area contributed by atoms with E-state index in [2.05, 4.69) is 17.6 Å². The lowest BCUT2D eigenvalue weighted by atomic mass is 9.89. The number of halogens is 1. The fraction of sp³-hybridized carbons (Fsp3) is 0.400. The predicted octanol–water partition coefficient (Wildman–Crippen LogP) is 3.13. The molecule has 1 saturated heterocycles. The molecule has 8 nitrogen and oxygen atoms in total. The number of aryl methyl sites for hydroxylation is 1. The van der Waals surface area contributed by atoms with Gasteiger partial charge in [-0.2, -0.15) is 0 Å². The first-order valence-electron chi connectivity index (χ1n) is 11.4. The quantitative estimate of drug-likeness (QED) is 0.530. The minimum absolute atomic E-state index is 0.0717. The molecule has 3 amide bonds. The molecule has 2 aromatic rings. The van der Waals surface area contributed by atoms with Crippen LogP contribution in [-0.4, -0.2) is 54.6 Å². The number of benzene rings is 2. The van der Waals surface area contributed by atoms with Crippen LogP contribution in [0.2, 0.25) is 5.02 Å². The van der Waals surface area contributed by atoms with Crippen LogP contribution in [0.5, 0.6) is 0 Å². The summed E-state index contributed by atoms with van der Waals surface area (Å²) in [4.78, 5) is 39.3. The second-order valence-corrected chi connectivity index (χ2v) is 8.88. The number of ether oxygens (including phenoxy) is 1. The predicted molar refractivity (Wildman–Crippen MR) is 132 cm³/mol. The molecule has 1 fully saturated rings. The maximum absolute atomic E-state index is 12.9. The molecule has 1 unspecified atom stereocenters. The Morgan fingerprint density at radius 2 is 1.88 bits per heavy atom. The molecule has 34 heavy (non-hydrogen) atoms. The van der Waals surface area contributed by atoms with Crippen LogP contribution in [0.1, 0.15) is 30.9 Å². The Hall–Kier alpha value is -3.10. The third-order valence-electron chi connectivity index (χ3n) is 5.91. The highest BCUT2D eigenvalue weighted by Crippen LogP contribution is 2.24. The number of amides is 3. The summed E-state index contributed by atoms with van der Waals surface area (Å²) in [6.07, 6.45) is 1.53. The van der Waals surface area contributed by atoms with E-state index >= 15 is 0 Å². The summed E-state index contributed by atoms with van der Waals surface area (Å²) in [6.45, 7) is 2.58. The molecular weight excluding hydrogens is 456 g/mol. The van der Waals surface area contributed by atoms with Gasteiger partial charge in [0.25, 0.3) is 0 Å². The molecule has 4 N–H and O–H groups in total. The van der Waals surface area contributed by atoms with Crippen LogP contribution in [0.3, 0.4) is 0 Å². The molecule has 0 bridgehead atoms. The highest BCUT2D eigenvalue weighted by atomic mass is 35.5. The molecule has 0 spiro atoms. The van der Waals surface area contributed by atoms with Gasteiger partial charge in [-0.25, -0.2) is 4.79 Å². The van der Waals surface area contributed by atoms with Gasteiger partial charge in [-0.15, -0.1) is 0 Å². The first kappa shape index (κ1) is 25.5. The Kier molecular flexibility index (Phi) is 8.90. The van der Waals surface area contributed by atoms with Crippen LogP contribution in [0.4, 0.5) is 10.5 Å². The van der Waals surface area contributed by atoms with E-state index in [4.69, 9.17) is 22.1 Å². The van der Waals surface area contributed by atoms with Gasteiger partial charge in [-0.05, 0) is 48.6 Å². The summed E-state index contributed by atoms with van der Waals surface area (Å²) < 4.78 is 5.52. The Morgan fingerprint density at radius 1 is 1.15 bits per heavy atom. The van der Waals surface area contributed by atoms with E-state index in [1.54, 1.807) is 23.1 Å². The average molecular weight is 487 g/mol. The number of hydrogen-bond donors (Lipinski definition) is 3. The minimum atomic E-state index is -0.926. The van der Waals surface area contributed by atoms with Crippen molar-refractivity contribution in [3.63, 3.8) is 0 Å². The highest BCUT2D eigenvalue weighted by Gasteiger charge is 2.39. The molecule has 0 radical (unpaired) electrons. The Bertz CT molecular complexity index is 1010. The summed E-state index contributed by atoms with van der Waals surface area (Å²) in [5, 5.41) is 6.22. The summed E-state index contributed by atoms with van der Waals surface area (Å²) in [7, 11) is 0. The van der Waals surface area contributed by atoms with Crippen molar-refractivity contribution in [3.8, 4) is 0 Å². The molecule has 9 heteroatoms. The number of nitrogens with one attached hydrogen (secondary N) is 2. The van der Waals surface area contributed by atoms with Gasteiger partial charge >= 0.3 is 6.09 Å². The summed E-state index contributed by atoms with van der Waals surface area (Å²) in [6, 6.07) is 14.6.